The van der Waals surface area contributed by atoms with Gasteiger partial charge in [0.05, 0.1) is 0 Å². The normalized spacial score (nSPS) is 12.0. The number of hydrogen-bond donors (Lipinski definition) is 0. The van der Waals surface area contributed by atoms with Crippen LogP contribution in [0.1, 0.15) is 30.9 Å². The highest BCUT2D eigenvalue weighted by atomic mass is 16.3. The monoisotopic (exact) mass is 274 g/mol. The molecule has 0 atom stereocenters. The largest absolute Gasteiger partial charge is 0.455 e. The van der Waals surface area contributed by atoms with Crippen molar-refractivity contribution >= 4 is 32.7 Å². The van der Waals surface area contributed by atoms with E-state index in [-0.39, 0.29) is 0 Å². The summed E-state index contributed by atoms with van der Waals surface area (Å²) in [5.74, 6) is 0.545. The van der Waals surface area contributed by atoms with E-state index in [2.05, 4.69) is 69.3 Å². The molecule has 1 heteroatoms. The Morgan fingerprint density at radius 1 is 0.810 bits per heavy atom. The van der Waals surface area contributed by atoms with Crippen LogP contribution in [0.15, 0.2) is 52.9 Å². The van der Waals surface area contributed by atoms with E-state index in [0.29, 0.717) is 5.92 Å². The Labute approximate surface area is 124 Å². The van der Waals surface area contributed by atoms with Gasteiger partial charge in [-0.15, -0.1) is 0 Å². The van der Waals surface area contributed by atoms with Gasteiger partial charge < -0.3 is 4.42 Å². The molecule has 21 heavy (non-hydrogen) atoms. The van der Waals surface area contributed by atoms with Crippen molar-refractivity contribution in [3.8, 4) is 0 Å². The van der Waals surface area contributed by atoms with Gasteiger partial charge in [0.1, 0.15) is 11.2 Å². The van der Waals surface area contributed by atoms with E-state index < -0.39 is 0 Å². The van der Waals surface area contributed by atoms with E-state index >= 15 is 0 Å². The first-order valence-electron chi connectivity index (χ1n) is 7.49. The molecule has 0 amide bonds. The molecular weight excluding hydrogens is 256 g/mol. The first-order chi connectivity index (χ1) is 10.1. The zero-order valence-corrected chi connectivity index (χ0v) is 12.6. The molecule has 0 saturated heterocycles. The van der Waals surface area contributed by atoms with Gasteiger partial charge in [-0.2, -0.15) is 0 Å². The summed E-state index contributed by atoms with van der Waals surface area (Å²) in [6.45, 7) is 6.55. The molecule has 0 N–H and O–H groups in total. The van der Waals surface area contributed by atoms with Crippen molar-refractivity contribution in [2.75, 3.05) is 0 Å². The minimum Gasteiger partial charge on any atom is -0.455 e. The second-order valence-electron chi connectivity index (χ2n) is 6.18. The van der Waals surface area contributed by atoms with Gasteiger partial charge in [0, 0.05) is 16.2 Å². The predicted octanol–water partition coefficient (Wildman–Crippen LogP) is 6.17. The molecule has 104 valence electrons. The van der Waals surface area contributed by atoms with Gasteiger partial charge in [-0.1, -0.05) is 50.2 Å². The molecule has 1 nitrogen and oxygen atoms in total. The third-order valence-electron chi connectivity index (χ3n) is 4.30. The maximum Gasteiger partial charge on any atom is 0.143 e. The predicted molar refractivity (Wildman–Crippen MR) is 90.1 cm³/mol. The summed E-state index contributed by atoms with van der Waals surface area (Å²) < 4.78 is 6.15. The average Bonchev–Trinajstić information content (AvgIpc) is 2.84. The van der Waals surface area contributed by atoms with Gasteiger partial charge in [-0.3, -0.25) is 0 Å². The maximum absolute atomic E-state index is 6.15. The molecule has 0 bridgehead atoms. The van der Waals surface area contributed by atoms with E-state index in [1.807, 2.05) is 0 Å². The lowest BCUT2D eigenvalue weighted by Crippen LogP contribution is -1.86. The first kappa shape index (κ1) is 12.5. The zero-order chi connectivity index (χ0) is 14.6. The molecule has 1 aromatic heterocycles. The summed E-state index contributed by atoms with van der Waals surface area (Å²) in [4.78, 5) is 0. The van der Waals surface area contributed by atoms with Crippen LogP contribution in [0.25, 0.3) is 32.7 Å². The van der Waals surface area contributed by atoms with Gasteiger partial charge in [0.25, 0.3) is 0 Å². The third-order valence-corrected chi connectivity index (χ3v) is 4.30. The lowest BCUT2D eigenvalue weighted by Gasteiger charge is -2.07. The van der Waals surface area contributed by atoms with Crippen LogP contribution < -0.4 is 0 Å². The Bertz CT molecular complexity index is 973. The van der Waals surface area contributed by atoms with Crippen molar-refractivity contribution in [3.05, 3.63) is 59.7 Å². The molecule has 0 aliphatic carbocycles. The van der Waals surface area contributed by atoms with Crippen molar-refractivity contribution in [1.82, 2.24) is 0 Å². The maximum atomic E-state index is 6.15. The molecule has 0 aliphatic rings. The van der Waals surface area contributed by atoms with Crippen LogP contribution in [0, 0.1) is 6.92 Å². The minimum atomic E-state index is 0.545. The molecule has 0 radical (unpaired) electrons. The smallest absolute Gasteiger partial charge is 0.143 e. The van der Waals surface area contributed by atoms with E-state index in [1.165, 1.54) is 32.7 Å². The summed E-state index contributed by atoms with van der Waals surface area (Å²) >= 11 is 0. The second-order valence-corrected chi connectivity index (χ2v) is 6.18. The second kappa shape index (κ2) is 4.36. The Morgan fingerprint density at radius 2 is 1.57 bits per heavy atom. The number of fused-ring (bicyclic) bond motifs is 5. The van der Waals surface area contributed by atoms with Crippen LogP contribution in [0.3, 0.4) is 0 Å². The van der Waals surface area contributed by atoms with E-state index in [4.69, 9.17) is 4.42 Å². The molecular formula is C20H18O. The lowest BCUT2D eigenvalue weighted by atomic mass is 9.98. The van der Waals surface area contributed by atoms with Crippen LogP contribution in [0.4, 0.5) is 0 Å². The van der Waals surface area contributed by atoms with Crippen molar-refractivity contribution < 1.29 is 4.42 Å². The number of furan rings is 1. The summed E-state index contributed by atoms with van der Waals surface area (Å²) in [7, 11) is 0. The fourth-order valence-electron chi connectivity index (χ4n) is 3.05. The molecule has 3 aromatic carbocycles. The van der Waals surface area contributed by atoms with Crippen LogP contribution in [-0.2, 0) is 0 Å². The summed E-state index contributed by atoms with van der Waals surface area (Å²) in [5.41, 5.74) is 4.58. The van der Waals surface area contributed by atoms with Gasteiger partial charge in [-0.25, -0.2) is 0 Å². The van der Waals surface area contributed by atoms with Gasteiger partial charge >= 0.3 is 0 Å². The Kier molecular flexibility index (Phi) is 2.58. The van der Waals surface area contributed by atoms with Crippen LogP contribution in [0.2, 0.25) is 0 Å². The quantitative estimate of drug-likeness (QED) is 0.404. The summed E-state index contributed by atoms with van der Waals surface area (Å²) in [5, 5.41) is 4.86. The number of aryl methyl sites for hydroxylation is 1. The topological polar surface area (TPSA) is 13.1 Å². The fraction of sp³-hybridized carbons (Fsp3) is 0.200. The number of benzene rings is 3. The molecule has 0 aliphatic heterocycles. The fourth-order valence-corrected chi connectivity index (χ4v) is 3.05. The molecule has 4 aromatic rings. The highest BCUT2D eigenvalue weighted by Crippen LogP contribution is 2.35. The van der Waals surface area contributed by atoms with E-state index in [0.717, 1.165) is 11.2 Å². The highest BCUT2D eigenvalue weighted by molar-refractivity contribution is 6.15. The van der Waals surface area contributed by atoms with E-state index in [1.54, 1.807) is 0 Å². The van der Waals surface area contributed by atoms with Crippen molar-refractivity contribution in [2.45, 2.75) is 26.7 Å². The Morgan fingerprint density at radius 3 is 2.38 bits per heavy atom. The zero-order valence-electron chi connectivity index (χ0n) is 12.6. The van der Waals surface area contributed by atoms with Gasteiger partial charge in [-0.05, 0) is 41.5 Å². The van der Waals surface area contributed by atoms with Gasteiger partial charge in [0.15, 0.2) is 0 Å². The Balaban J connectivity index is 2.11. The molecule has 1 heterocycles. The first-order valence-corrected chi connectivity index (χ1v) is 7.49. The van der Waals surface area contributed by atoms with E-state index in [9.17, 15) is 0 Å². The Hall–Kier alpha value is -2.28. The van der Waals surface area contributed by atoms with Crippen molar-refractivity contribution in [1.29, 1.82) is 0 Å². The summed E-state index contributed by atoms with van der Waals surface area (Å²) in [6.07, 6.45) is 0. The lowest BCUT2D eigenvalue weighted by molar-refractivity contribution is 0.672. The van der Waals surface area contributed by atoms with Gasteiger partial charge in [0.2, 0.25) is 0 Å². The third kappa shape index (κ3) is 1.84. The molecule has 0 unspecified atom stereocenters. The van der Waals surface area contributed by atoms with Crippen molar-refractivity contribution in [3.63, 3.8) is 0 Å². The van der Waals surface area contributed by atoms with Crippen LogP contribution in [-0.4, -0.2) is 0 Å². The SMILES string of the molecule is Cc1ccc2c(c1)oc1c3ccc(C(C)C)cc3ccc21. The average molecular weight is 274 g/mol. The molecule has 0 spiro atoms. The van der Waals surface area contributed by atoms with Crippen LogP contribution >= 0.6 is 0 Å². The minimum absolute atomic E-state index is 0.545. The molecule has 0 fully saturated rings. The van der Waals surface area contributed by atoms with Crippen LogP contribution in [0.5, 0.6) is 0 Å². The summed E-state index contributed by atoms with van der Waals surface area (Å²) in [6, 6.07) is 17.5. The number of hydrogen-bond acceptors (Lipinski definition) is 1. The molecule has 0 saturated carbocycles. The standard InChI is InChI=1S/C20H18O/c1-12(2)14-5-8-16-15(11-14)6-9-18-17-7-4-13(3)10-19(17)21-20(16)18/h4-12H,1-3H3. The highest BCUT2D eigenvalue weighted by Gasteiger charge is 2.11. The molecule has 4 rings (SSSR count). The number of rotatable bonds is 1. The van der Waals surface area contributed by atoms with Crippen molar-refractivity contribution in [2.24, 2.45) is 0 Å².